The van der Waals surface area contributed by atoms with Crippen molar-refractivity contribution in [3.8, 4) is 6.07 Å². The van der Waals surface area contributed by atoms with Crippen molar-refractivity contribution in [1.82, 2.24) is 9.78 Å². The highest BCUT2D eigenvalue weighted by molar-refractivity contribution is 5.73. The van der Waals surface area contributed by atoms with Gasteiger partial charge in [0.25, 0.3) is 0 Å². The second kappa shape index (κ2) is 3.89. The van der Waals surface area contributed by atoms with E-state index in [-0.39, 0.29) is 12.1 Å². The molecular formula is C8H10N4O2. The van der Waals surface area contributed by atoms with Gasteiger partial charge < -0.3 is 10.8 Å². The third-order valence-corrected chi connectivity index (χ3v) is 1.77. The van der Waals surface area contributed by atoms with Gasteiger partial charge in [-0.3, -0.25) is 9.48 Å². The van der Waals surface area contributed by atoms with Crippen molar-refractivity contribution in [2.45, 2.75) is 12.5 Å². The van der Waals surface area contributed by atoms with Crippen molar-refractivity contribution in [2.75, 3.05) is 0 Å². The number of carbonyl (C=O) groups is 1. The van der Waals surface area contributed by atoms with E-state index in [0.717, 1.165) is 0 Å². The average molecular weight is 194 g/mol. The van der Waals surface area contributed by atoms with Crippen LogP contribution in [0.4, 0.5) is 0 Å². The maximum atomic E-state index is 10.5. The lowest BCUT2D eigenvalue weighted by Crippen LogP contribution is -2.32. The van der Waals surface area contributed by atoms with E-state index in [0.29, 0.717) is 5.56 Å². The van der Waals surface area contributed by atoms with Crippen LogP contribution in [-0.2, 0) is 18.3 Å². The number of carboxylic acid groups (broad SMARTS) is 1. The topological polar surface area (TPSA) is 105 Å². The molecule has 0 aliphatic heterocycles. The van der Waals surface area contributed by atoms with Crippen LogP contribution in [0, 0.1) is 11.3 Å². The Hall–Kier alpha value is -1.87. The molecule has 0 aliphatic carbocycles. The lowest BCUT2D eigenvalue weighted by Gasteiger charge is -2.03. The fraction of sp³-hybridized carbons (Fsp3) is 0.375. The van der Waals surface area contributed by atoms with E-state index in [9.17, 15) is 4.79 Å². The van der Waals surface area contributed by atoms with Gasteiger partial charge in [-0.2, -0.15) is 10.4 Å². The SMILES string of the molecule is Cn1cc(C[C@H](N)C(=O)O)c(C#N)n1. The zero-order chi connectivity index (χ0) is 10.7. The van der Waals surface area contributed by atoms with E-state index in [1.165, 1.54) is 4.68 Å². The number of aliphatic carboxylic acids is 1. The zero-order valence-electron chi connectivity index (χ0n) is 7.64. The van der Waals surface area contributed by atoms with Crippen LogP contribution in [0.1, 0.15) is 11.3 Å². The third-order valence-electron chi connectivity index (χ3n) is 1.77. The molecule has 0 saturated carbocycles. The van der Waals surface area contributed by atoms with Gasteiger partial charge in [-0.25, -0.2) is 0 Å². The van der Waals surface area contributed by atoms with Crippen LogP contribution in [0.5, 0.6) is 0 Å². The summed E-state index contributed by atoms with van der Waals surface area (Å²) >= 11 is 0. The predicted molar refractivity (Wildman–Crippen MR) is 47.2 cm³/mol. The second-order valence-corrected chi connectivity index (χ2v) is 2.94. The van der Waals surface area contributed by atoms with E-state index < -0.39 is 12.0 Å². The van der Waals surface area contributed by atoms with Crippen LogP contribution < -0.4 is 5.73 Å². The summed E-state index contributed by atoms with van der Waals surface area (Å²) in [5.41, 5.74) is 6.12. The Kier molecular flexibility index (Phi) is 2.84. The Balaban J connectivity index is 2.86. The summed E-state index contributed by atoms with van der Waals surface area (Å²) in [6, 6.07) is 0.886. The maximum absolute atomic E-state index is 10.5. The summed E-state index contributed by atoms with van der Waals surface area (Å²) < 4.78 is 1.46. The molecule has 0 spiro atoms. The van der Waals surface area contributed by atoms with Gasteiger partial charge in [0.05, 0.1) is 0 Å². The van der Waals surface area contributed by atoms with E-state index in [1.54, 1.807) is 13.2 Å². The fourth-order valence-electron chi connectivity index (χ4n) is 1.11. The van der Waals surface area contributed by atoms with Gasteiger partial charge in [0, 0.05) is 25.2 Å². The molecule has 0 aliphatic rings. The van der Waals surface area contributed by atoms with Gasteiger partial charge in [-0.1, -0.05) is 0 Å². The molecule has 14 heavy (non-hydrogen) atoms. The van der Waals surface area contributed by atoms with Gasteiger partial charge in [0.15, 0.2) is 5.69 Å². The normalized spacial score (nSPS) is 12.1. The van der Waals surface area contributed by atoms with Crippen LogP contribution in [0.25, 0.3) is 0 Å². The number of nitriles is 1. The Bertz CT molecular complexity index is 391. The molecule has 0 radical (unpaired) electrons. The standard InChI is InChI=1S/C8H10N4O2/c1-12-4-5(7(3-9)11-12)2-6(10)8(13)14/h4,6H,2,10H2,1H3,(H,13,14)/t6-/m0/s1. The van der Waals surface area contributed by atoms with Gasteiger partial charge in [-0.15, -0.1) is 0 Å². The number of carboxylic acids is 1. The smallest absolute Gasteiger partial charge is 0.320 e. The summed E-state index contributed by atoms with van der Waals surface area (Å²) in [4.78, 5) is 10.5. The van der Waals surface area contributed by atoms with Gasteiger partial charge >= 0.3 is 5.97 Å². The average Bonchev–Trinajstić information content (AvgIpc) is 2.45. The van der Waals surface area contributed by atoms with Crippen LogP contribution in [-0.4, -0.2) is 26.9 Å². The second-order valence-electron chi connectivity index (χ2n) is 2.94. The Labute approximate surface area is 80.6 Å². The maximum Gasteiger partial charge on any atom is 0.320 e. The highest BCUT2D eigenvalue weighted by Crippen LogP contribution is 2.07. The number of aryl methyl sites for hydroxylation is 1. The lowest BCUT2D eigenvalue weighted by atomic mass is 10.1. The van der Waals surface area contributed by atoms with E-state index >= 15 is 0 Å². The third kappa shape index (κ3) is 2.08. The van der Waals surface area contributed by atoms with Crippen molar-refractivity contribution in [1.29, 1.82) is 5.26 Å². The highest BCUT2D eigenvalue weighted by atomic mass is 16.4. The minimum Gasteiger partial charge on any atom is -0.480 e. The first-order valence-electron chi connectivity index (χ1n) is 3.95. The summed E-state index contributed by atoms with van der Waals surface area (Å²) in [5.74, 6) is -1.09. The molecule has 1 heterocycles. The molecule has 6 nitrogen and oxygen atoms in total. The molecule has 1 aromatic heterocycles. The molecule has 1 atom stereocenters. The van der Waals surface area contributed by atoms with E-state index in [2.05, 4.69) is 5.10 Å². The minimum absolute atomic E-state index is 0.117. The van der Waals surface area contributed by atoms with Crippen molar-refractivity contribution in [3.63, 3.8) is 0 Å². The molecule has 0 unspecified atom stereocenters. The molecule has 74 valence electrons. The fourth-order valence-corrected chi connectivity index (χ4v) is 1.11. The molecular weight excluding hydrogens is 184 g/mol. The summed E-state index contributed by atoms with van der Waals surface area (Å²) in [6.45, 7) is 0. The van der Waals surface area contributed by atoms with Crippen LogP contribution in [0.15, 0.2) is 6.20 Å². The van der Waals surface area contributed by atoms with Crippen LogP contribution in [0.3, 0.4) is 0 Å². The molecule has 0 amide bonds. The molecule has 6 heteroatoms. The van der Waals surface area contributed by atoms with Gasteiger partial charge in [0.2, 0.25) is 0 Å². The number of rotatable bonds is 3. The molecule has 0 fully saturated rings. The first-order valence-corrected chi connectivity index (χ1v) is 3.95. The lowest BCUT2D eigenvalue weighted by molar-refractivity contribution is -0.138. The monoisotopic (exact) mass is 194 g/mol. The zero-order valence-corrected chi connectivity index (χ0v) is 7.64. The Morgan fingerprint density at radius 3 is 3.07 bits per heavy atom. The summed E-state index contributed by atoms with van der Waals surface area (Å²) in [6.07, 6.45) is 1.72. The van der Waals surface area contributed by atoms with Crippen LogP contribution in [0.2, 0.25) is 0 Å². The van der Waals surface area contributed by atoms with E-state index in [1.807, 2.05) is 6.07 Å². The Morgan fingerprint density at radius 1 is 1.93 bits per heavy atom. The highest BCUT2D eigenvalue weighted by Gasteiger charge is 2.16. The quantitative estimate of drug-likeness (QED) is 0.658. The Morgan fingerprint density at radius 2 is 2.57 bits per heavy atom. The van der Waals surface area contributed by atoms with E-state index in [4.69, 9.17) is 16.1 Å². The molecule has 3 N–H and O–H groups in total. The van der Waals surface area contributed by atoms with Gasteiger partial charge in [0.1, 0.15) is 12.1 Å². The predicted octanol–water partition coefficient (Wildman–Crippen LogP) is -0.754. The van der Waals surface area contributed by atoms with Crippen LogP contribution >= 0.6 is 0 Å². The molecule has 0 saturated heterocycles. The molecule has 0 bridgehead atoms. The number of aromatic nitrogens is 2. The largest absolute Gasteiger partial charge is 0.480 e. The van der Waals surface area contributed by atoms with Crippen molar-refractivity contribution < 1.29 is 9.90 Å². The number of hydrogen-bond donors (Lipinski definition) is 2. The first kappa shape index (κ1) is 10.2. The summed E-state index contributed by atoms with van der Waals surface area (Å²) in [5, 5.41) is 21.1. The molecule has 0 aromatic carbocycles. The number of nitrogens with zero attached hydrogens (tertiary/aromatic N) is 3. The molecule has 1 aromatic rings. The number of hydrogen-bond acceptors (Lipinski definition) is 4. The molecule has 1 rings (SSSR count). The summed E-state index contributed by atoms with van der Waals surface area (Å²) in [7, 11) is 1.66. The number of nitrogens with two attached hydrogens (primary N) is 1. The minimum atomic E-state index is -1.09. The van der Waals surface area contributed by atoms with Crippen molar-refractivity contribution in [3.05, 3.63) is 17.5 Å². The van der Waals surface area contributed by atoms with Gasteiger partial charge in [-0.05, 0) is 0 Å². The van der Waals surface area contributed by atoms with Crippen molar-refractivity contribution in [2.24, 2.45) is 12.8 Å². The van der Waals surface area contributed by atoms with Crippen molar-refractivity contribution >= 4 is 5.97 Å². The first-order chi connectivity index (χ1) is 6.54.